The van der Waals surface area contributed by atoms with Crippen molar-refractivity contribution in [2.24, 2.45) is 5.92 Å². The maximum absolute atomic E-state index is 4.39. The Morgan fingerprint density at radius 2 is 2.06 bits per heavy atom. The molecule has 2 heterocycles. The second-order valence-electron chi connectivity index (χ2n) is 4.93. The molecule has 16 heavy (non-hydrogen) atoms. The number of nitrogens with zero attached hydrogens (tertiary/aromatic N) is 1. The largest absolute Gasteiger partial charge is 0.380 e. The van der Waals surface area contributed by atoms with Gasteiger partial charge in [-0.15, -0.1) is 0 Å². The number of fused-ring (bicyclic) bond motifs is 1. The van der Waals surface area contributed by atoms with E-state index in [0.29, 0.717) is 6.04 Å². The molecule has 0 amide bonds. The fraction of sp³-hybridized carbons (Fsp3) is 0.615. The quantitative estimate of drug-likeness (QED) is 0.759. The van der Waals surface area contributed by atoms with Crippen molar-refractivity contribution < 1.29 is 0 Å². The molecule has 0 spiro atoms. The molecule has 1 atom stereocenters. The predicted octanol–water partition coefficient (Wildman–Crippen LogP) is 2.87. The summed E-state index contributed by atoms with van der Waals surface area (Å²) in [6.45, 7) is 1.04. The smallest absolute Gasteiger partial charge is 0.149 e. The molecule has 0 radical (unpaired) electrons. The fourth-order valence-electron chi connectivity index (χ4n) is 2.93. The molecule has 2 N–H and O–H groups in total. The first kappa shape index (κ1) is 9.94. The summed E-state index contributed by atoms with van der Waals surface area (Å²) < 4.78 is 0. The fourth-order valence-corrected chi connectivity index (χ4v) is 2.93. The van der Waals surface area contributed by atoms with Gasteiger partial charge in [-0.3, -0.25) is 0 Å². The van der Waals surface area contributed by atoms with Gasteiger partial charge < -0.3 is 10.6 Å². The third-order valence-electron chi connectivity index (χ3n) is 3.86. The van der Waals surface area contributed by atoms with Gasteiger partial charge in [-0.25, -0.2) is 4.98 Å². The van der Waals surface area contributed by atoms with Gasteiger partial charge in [-0.1, -0.05) is 19.3 Å². The number of hydrogen-bond donors (Lipinski definition) is 2. The van der Waals surface area contributed by atoms with Crippen LogP contribution in [-0.4, -0.2) is 17.6 Å². The van der Waals surface area contributed by atoms with Crippen LogP contribution in [0.3, 0.4) is 0 Å². The topological polar surface area (TPSA) is 37.0 Å². The van der Waals surface area contributed by atoms with Gasteiger partial charge in [0.15, 0.2) is 0 Å². The van der Waals surface area contributed by atoms with E-state index in [4.69, 9.17) is 0 Å². The molecule has 1 aliphatic carbocycles. The van der Waals surface area contributed by atoms with Crippen LogP contribution in [0.1, 0.15) is 32.1 Å². The first-order valence-corrected chi connectivity index (χ1v) is 6.39. The van der Waals surface area contributed by atoms with Gasteiger partial charge in [0.1, 0.15) is 5.82 Å². The Labute approximate surface area is 96.7 Å². The van der Waals surface area contributed by atoms with Gasteiger partial charge in [0.2, 0.25) is 0 Å². The van der Waals surface area contributed by atoms with E-state index in [-0.39, 0.29) is 0 Å². The molecule has 3 heteroatoms. The Hall–Kier alpha value is -1.25. The van der Waals surface area contributed by atoms with Crippen LogP contribution in [0.5, 0.6) is 0 Å². The van der Waals surface area contributed by atoms with Crippen LogP contribution in [0.4, 0.5) is 11.5 Å². The molecule has 3 nitrogen and oxygen atoms in total. The standard InChI is InChI=1S/C13H19N3/c1-2-5-10(6-3-1)12-9-15-11-7-4-8-14-13(11)16-12/h4,7-8,10,12,15H,1-3,5-6,9H2,(H,14,16). The molecule has 1 fully saturated rings. The Kier molecular flexibility index (Phi) is 2.68. The lowest BCUT2D eigenvalue weighted by Crippen LogP contribution is -2.40. The zero-order valence-corrected chi connectivity index (χ0v) is 9.58. The lowest BCUT2D eigenvalue weighted by atomic mass is 9.83. The zero-order chi connectivity index (χ0) is 10.8. The third-order valence-corrected chi connectivity index (χ3v) is 3.86. The number of anilines is 2. The van der Waals surface area contributed by atoms with Crippen LogP contribution >= 0.6 is 0 Å². The molecule has 86 valence electrons. The molecule has 1 unspecified atom stereocenters. The molecule has 1 saturated carbocycles. The lowest BCUT2D eigenvalue weighted by molar-refractivity contribution is 0.321. The normalized spacial score (nSPS) is 25.4. The van der Waals surface area contributed by atoms with Crippen LogP contribution in [0.15, 0.2) is 18.3 Å². The van der Waals surface area contributed by atoms with Gasteiger partial charge in [-0.2, -0.15) is 0 Å². The van der Waals surface area contributed by atoms with E-state index < -0.39 is 0 Å². The highest BCUT2D eigenvalue weighted by Crippen LogP contribution is 2.31. The van der Waals surface area contributed by atoms with E-state index in [1.807, 2.05) is 12.3 Å². The molecule has 1 aromatic rings. The SMILES string of the molecule is c1cnc2c(c1)NCC(C1CCCCC1)N2. The first-order valence-electron chi connectivity index (χ1n) is 6.39. The van der Waals surface area contributed by atoms with Crippen molar-refractivity contribution in [1.29, 1.82) is 0 Å². The minimum atomic E-state index is 0.572. The molecular formula is C13H19N3. The summed E-state index contributed by atoms with van der Waals surface area (Å²) in [6.07, 6.45) is 8.83. The second kappa shape index (κ2) is 4.32. The van der Waals surface area contributed by atoms with Gasteiger partial charge in [0, 0.05) is 18.8 Å². The Morgan fingerprint density at radius 3 is 2.94 bits per heavy atom. The van der Waals surface area contributed by atoms with Gasteiger partial charge >= 0.3 is 0 Å². The number of rotatable bonds is 1. The second-order valence-corrected chi connectivity index (χ2v) is 4.93. The minimum Gasteiger partial charge on any atom is -0.380 e. The Bertz CT molecular complexity index is 358. The van der Waals surface area contributed by atoms with E-state index in [1.165, 1.54) is 32.1 Å². The lowest BCUT2D eigenvalue weighted by Gasteiger charge is -2.35. The maximum atomic E-state index is 4.39. The van der Waals surface area contributed by atoms with Gasteiger partial charge in [0.25, 0.3) is 0 Å². The van der Waals surface area contributed by atoms with Crippen molar-refractivity contribution in [3.05, 3.63) is 18.3 Å². The summed E-state index contributed by atoms with van der Waals surface area (Å²) in [6, 6.07) is 4.64. The number of hydrogen-bond acceptors (Lipinski definition) is 3. The highest BCUT2D eigenvalue weighted by Gasteiger charge is 2.26. The molecule has 1 aromatic heterocycles. The number of pyridine rings is 1. The van der Waals surface area contributed by atoms with Crippen LogP contribution in [0.2, 0.25) is 0 Å². The van der Waals surface area contributed by atoms with Crippen molar-refractivity contribution in [1.82, 2.24) is 4.98 Å². The summed E-state index contributed by atoms with van der Waals surface area (Å²) in [4.78, 5) is 4.39. The summed E-state index contributed by atoms with van der Waals surface area (Å²) in [5.41, 5.74) is 1.15. The number of aromatic nitrogens is 1. The average Bonchev–Trinajstić information content (AvgIpc) is 2.39. The van der Waals surface area contributed by atoms with Crippen LogP contribution < -0.4 is 10.6 Å². The highest BCUT2D eigenvalue weighted by atomic mass is 15.1. The van der Waals surface area contributed by atoms with E-state index in [2.05, 4.69) is 21.7 Å². The molecule has 3 rings (SSSR count). The minimum absolute atomic E-state index is 0.572. The van der Waals surface area contributed by atoms with Crippen molar-refractivity contribution in [3.63, 3.8) is 0 Å². The van der Waals surface area contributed by atoms with Crippen LogP contribution in [0, 0.1) is 5.92 Å². The van der Waals surface area contributed by atoms with Crippen LogP contribution in [0.25, 0.3) is 0 Å². The van der Waals surface area contributed by atoms with Crippen molar-refractivity contribution in [2.45, 2.75) is 38.1 Å². The Balaban J connectivity index is 1.72. The van der Waals surface area contributed by atoms with Gasteiger partial charge in [0.05, 0.1) is 5.69 Å². The highest BCUT2D eigenvalue weighted by molar-refractivity contribution is 5.66. The predicted molar refractivity (Wildman–Crippen MR) is 66.7 cm³/mol. The zero-order valence-electron chi connectivity index (χ0n) is 9.58. The van der Waals surface area contributed by atoms with E-state index >= 15 is 0 Å². The van der Waals surface area contributed by atoms with E-state index in [1.54, 1.807) is 0 Å². The monoisotopic (exact) mass is 217 g/mol. The van der Waals surface area contributed by atoms with Crippen LogP contribution in [-0.2, 0) is 0 Å². The maximum Gasteiger partial charge on any atom is 0.149 e. The summed E-state index contributed by atoms with van der Waals surface area (Å²) in [5.74, 6) is 1.86. The van der Waals surface area contributed by atoms with Crippen molar-refractivity contribution in [2.75, 3.05) is 17.2 Å². The van der Waals surface area contributed by atoms with E-state index in [9.17, 15) is 0 Å². The molecule has 0 bridgehead atoms. The number of nitrogens with one attached hydrogen (secondary N) is 2. The first-order chi connectivity index (χ1) is 7.93. The molecular weight excluding hydrogens is 198 g/mol. The van der Waals surface area contributed by atoms with Crippen molar-refractivity contribution >= 4 is 11.5 Å². The van der Waals surface area contributed by atoms with Crippen molar-refractivity contribution in [3.8, 4) is 0 Å². The summed E-state index contributed by atoms with van der Waals surface area (Å²) >= 11 is 0. The van der Waals surface area contributed by atoms with Gasteiger partial charge in [-0.05, 0) is 30.9 Å². The molecule has 2 aliphatic rings. The molecule has 0 saturated heterocycles. The average molecular weight is 217 g/mol. The molecule has 1 aliphatic heterocycles. The third kappa shape index (κ3) is 1.86. The summed E-state index contributed by atoms with van der Waals surface area (Å²) in [5, 5.41) is 7.08. The summed E-state index contributed by atoms with van der Waals surface area (Å²) in [7, 11) is 0. The van der Waals surface area contributed by atoms with E-state index in [0.717, 1.165) is 24.0 Å². The Morgan fingerprint density at radius 1 is 1.19 bits per heavy atom. The molecule has 0 aromatic carbocycles.